The third-order valence-corrected chi connectivity index (χ3v) is 5.64. The van der Waals surface area contributed by atoms with Gasteiger partial charge in [-0.15, -0.1) is 0 Å². The number of esters is 1. The second-order valence-corrected chi connectivity index (χ2v) is 7.71. The van der Waals surface area contributed by atoms with E-state index in [0.29, 0.717) is 17.1 Å². The number of Topliss-reactive ketones (excluding diaryl/α,β-unsaturated/α-hetero) is 1. The van der Waals surface area contributed by atoms with E-state index in [4.69, 9.17) is 14.2 Å². The Kier molecular flexibility index (Phi) is 4.94. The van der Waals surface area contributed by atoms with Gasteiger partial charge >= 0.3 is 5.97 Å². The summed E-state index contributed by atoms with van der Waals surface area (Å²) in [4.78, 5) is 24.4. The van der Waals surface area contributed by atoms with Crippen LogP contribution < -0.4 is 9.47 Å². The molecular weight excluding hydrogens is 360 g/mol. The van der Waals surface area contributed by atoms with Crippen LogP contribution in [0.25, 0.3) is 0 Å². The summed E-state index contributed by atoms with van der Waals surface area (Å²) >= 11 is 0. The second kappa shape index (κ2) is 7.17. The minimum Gasteiger partial charge on any atom is -0.454 e. The molecular formula is C18H16O7S. The van der Waals surface area contributed by atoms with Gasteiger partial charge in [-0.3, -0.25) is 4.79 Å². The zero-order valence-electron chi connectivity index (χ0n) is 13.9. The van der Waals surface area contributed by atoms with Gasteiger partial charge in [-0.05, 0) is 30.3 Å². The summed E-state index contributed by atoms with van der Waals surface area (Å²) in [6.45, 7) is 1.06. The number of ketones is 1. The fraction of sp³-hybridized carbons (Fsp3) is 0.222. The minimum atomic E-state index is -3.59. The van der Waals surface area contributed by atoms with E-state index in [9.17, 15) is 18.0 Å². The van der Waals surface area contributed by atoms with Gasteiger partial charge in [0.2, 0.25) is 6.79 Å². The van der Waals surface area contributed by atoms with Gasteiger partial charge in [-0.2, -0.15) is 0 Å². The van der Waals surface area contributed by atoms with Crippen molar-refractivity contribution < 1.29 is 32.2 Å². The highest BCUT2D eigenvalue weighted by atomic mass is 32.2. The zero-order valence-corrected chi connectivity index (χ0v) is 14.7. The van der Waals surface area contributed by atoms with Crippen LogP contribution in [0.5, 0.6) is 11.5 Å². The van der Waals surface area contributed by atoms with Gasteiger partial charge in [0, 0.05) is 5.56 Å². The van der Waals surface area contributed by atoms with Crippen molar-refractivity contribution in [1.82, 2.24) is 0 Å². The summed E-state index contributed by atoms with van der Waals surface area (Å²) in [5.41, 5.74) is 0.212. The van der Waals surface area contributed by atoms with Crippen molar-refractivity contribution in [3.63, 3.8) is 0 Å². The van der Waals surface area contributed by atoms with Crippen molar-refractivity contribution in [3.8, 4) is 11.5 Å². The first-order valence-corrected chi connectivity index (χ1v) is 9.49. The van der Waals surface area contributed by atoms with Crippen LogP contribution in [0.1, 0.15) is 27.6 Å². The molecule has 1 heterocycles. The van der Waals surface area contributed by atoms with Crippen molar-refractivity contribution in [3.05, 3.63) is 53.6 Å². The molecule has 3 rings (SSSR count). The van der Waals surface area contributed by atoms with E-state index in [1.54, 1.807) is 12.1 Å². The van der Waals surface area contributed by atoms with Gasteiger partial charge in [0.05, 0.1) is 16.2 Å². The van der Waals surface area contributed by atoms with E-state index in [2.05, 4.69) is 0 Å². The van der Waals surface area contributed by atoms with E-state index < -0.39 is 28.2 Å². The lowest BCUT2D eigenvalue weighted by atomic mass is 10.1. The lowest BCUT2D eigenvalue weighted by molar-refractivity contribution is 0.0471. The molecule has 0 aromatic heterocycles. The Hall–Kier alpha value is -2.87. The average Bonchev–Trinajstić information content (AvgIpc) is 3.13. The summed E-state index contributed by atoms with van der Waals surface area (Å²) in [6.07, 6.45) is 0. The summed E-state index contributed by atoms with van der Waals surface area (Å²) in [7, 11) is -3.59. The van der Waals surface area contributed by atoms with Crippen molar-refractivity contribution in [1.29, 1.82) is 0 Å². The molecule has 7 nitrogen and oxygen atoms in total. The number of carbonyl (C=O) groups is 2. The molecule has 0 spiro atoms. The zero-order chi connectivity index (χ0) is 18.7. The molecule has 0 atom stereocenters. The highest BCUT2D eigenvalue weighted by Crippen LogP contribution is 2.32. The fourth-order valence-electron chi connectivity index (χ4n) is 2.42. The van der Waals surface area contributed by atoms with E-state index >= 15 is 0 Å². The number of ether oxygens (including phenoxy) is 3. The molecule has 136 valence electrons. The first-order valence-electron chi connectivity index (χ1n) is 7.84. The van der Waals surface area contributed by atoms with Gasteiger partial charge in [0.1, 0.15) is 0 Å². The highest BCUT2D eigenvalue weighted by molar-refractivity contribution is 7.91. The molecule has 0 saturated heterocycles. The maximum atomic E-state index is 12.3. The number of carbonyl (C=O) groups excluding carboxylic acids is 2. The predicted molar refractivity (Wildman–Crippen MR) is 91.3 cm³/mol. The molecule has 0 amide bonds. The molecule has 8 heteroatoms. The standard InChI is InChI=1S/C18H16O7S/c1-2-26(21,22)17-6-4-3-5-13(17)18(20)23-10-14(19)12-7-8-15-16(9-12)25-11-24-15/h3-9H,2,10-11H2,1H3. The van der Waals surface area contributed by atoms with Gasteiger partial charge in [0.25, 0.3) is 0 Å². The van der Waals surface area contributed by atoms with Gasteiger partial charge in [0.15, 0.2) is 33.7 Å². The van der Waals surface area contributed by atoms with E-state index in [1.807, 2.05) is 0 Å². The molecule has 0 saturated carbocycles. The first-order chi connectivity index (χ1) is 12.4. The number of fused-ring (bicyclic) bond motifs is 1. The second-order valence-electron chi connectivity index (χ2n) is 5.47. The lowest BCUT2D eigenvalue weighted by Crippen LogP contribution is -2.17. The quantitative estimate of drug-likeness (QED) is 0.563. The number of hydrogen-bond donors (Lipinski definition) is 0. The van der Waals surface area contributed by atoms with Crippen molar-refractivity contribution >= 4 is 21.6 Å². The monoisotopic (exact) mass is 376 g/mol. The van der Waals surface area contributed by atoms with E-state index in [-0.39, 0.29) is 23.0 Å². The van der Waals surface area contributed by atoms with Crippen molar-refractivity contribution in [2.75, 3.05) is 19.2 Å². The molecule has 0 aliphatic carbocycles. The average molecular weight is 376 g/mol. The molecule has 2 aromatic carbocycles. The summed E-state index contributed by atoms with van der Waals surface area (Å²) < 4.78 is 39.6. The van der Waals surface area contributed by atoms with Crippen molar-refractivity contribution in [2.24, 2.45) is 0 Å². The van der Waals surface area contributed by atoms with E-state index in [0.717, 1.165) is 0 Å². The van der Waals surface area contributed by atoms with Gasteiger partial charge in [-0.1, -0.05) is 19.1 Å². The molecule has 1 aliphatic rings. The third kappa shape index (κ3) is 3.55. The van der Waals surface area contributed by atoms with Crippen LogP contribution in [0.3, 0.4) is 0 Å². The van der Waals surface area contributed by atoms with Crippen LogP contribution >= 0.6 is 0 Å². The van der Waals surface area contributed by atoms with Crippen LogP contribution in [0.2, 0.25) is 0 Å². The molecule has 0 radical (unpaired) electrons. The van der Waals surface area contributed by atoms with E-state index in [1.165, 1.54) is 37.3 Å². The summed E-state index contributed by atoms with van der Waals surface area (Å²) in [6, 6.07) is 10.4. The maximum Gasteiger partial charge on any atom is 0.339 e. The molecule has 0 unspecified atom stereocenters. The Morgan fingerprint density at radius 3 is 2.58 bits per heavy atom. The molecule has 0 N–H and O–H groups in total. The molecule has 26 heavy (non-hydrogen) atoms. The lowest BCUT2D eigenvalue weighted by Gasteiger charge is -2.09. The molecule has 0 fully saturated rings. The van der Waals surface area contributed by atoms with Crippen LogP contribution in [0.4, 0.5) is 0 Å². The number of sulfone groups is 1. The normalized spacial score (nSPS) is 12.7. The first kappa shape index (κ1) is 17.9. The Morgan fingerprint density at radius 1 is 1.08 bits per heavy atom. The number of hydrogen-bond acceptors (Lipinski definition) is 7. The maximum absolute atomic E-state index is 12.3. The fourth-order valence-corrected chi connectivity index (χ4v) is 3.51. The number of benzene rings is 2. The summed E-state index contributed by atoms with van der Waals surface area (Å²) in [5, 5.41) is 0. The predicted octanol–water partition coefficient (Wildman–Crippen LogP) is 2.25. The van der Waals surface area contributed by atoms with Crippen molar-refractivity contribution in [2.45, 2.75) is 11.8 Å². The Morgan fingerprint density at radius 2 is 1.81 bits per heavy atom. The van der Waals surface area contributed by atoms with Gasteiger partial charge < -0.3 is 14.2 Å². The SMILES string of the molecule is CCS(=O)(=O)c1ccccc1C(=O)OCC(=O)c1ccc2c(c1)OCO2. The smallest absolute Gasteiger partial charge is 0.339 e. The Labute approximate surface area is 150 Å². The van der Waals surface area contributed by atoms with Crippen LogP contribution in [0, 0.1) is 0 Å². The molecule has 0 bridgehead atoms. The topological polar surface area (TPSA) is 96.0 Å². The largest absolute Gasteiger partial charge is 0.454 e. The minimum absolute atomic E-state index is 0.0879. The molecule has 1 aliphatic heterocycles. The highest BCUT2D eigenvalue weighted by Gasteiger charge is 2.23. The van der Waals surface area contributed by atoms with Crippen LogP contribution in [-0.4, -0.2) is 39.3 Å². The molecule has 2 aromatic rings. The third-order valence-electron chi connectivity index (χ3n) is 3.85. The number of rotatable bonds is 6. The van der Waals surface area contributed by atoms with Crippen LogP contribution in [-0.2, 0) is 14.6 Å². The Bertz CT molecular complexity index is 963. The van der Waals surface area contributed by atoms with Gasteiger partial charge in [-0.25, -0.2) is 13.2 Å². The Balaban J connectivity index is 1.73. The summed E-state index contributed by atoms with van der Waals surface area (Å²) in [5.74, 6) is -0.467. The van der Waals surface area contributed by atoms with Crippen LogP contribution in [0.15, 0.2) is 47.4 Å².